The molecule has 0 saturated heterocycles. The van der Waals surface area contributed by atoms with Gasteiger partial charge in [0, 0.05) is 18.4 Å². The van der Waals surface area contributed by atoms with Gasteiger partial charge in [-0.15, -0.1) is 0 Å². The van der Waals surface area contributed by atoms with E-state index in [1.807, 2.05) is 12.2 Å². The summed E-state index contributed by atoms with van der Waals surface area (Å²) in [5.74, 6) is 0. The highest BCUT2D eigenvalue weighted by Crippen LogP contribution is 2.46. The predicted molar refractivity (Wildman–Crippen MR) is 232 cm³/mol. The van der Waals surface area contributed by atoms with Crippen molar-refractivity contribution >= 4 is 50.2 Å². The molecule has 53 heavy (non-hydrogen) atoms. The standard InChI is InChI=1S/C52H41N/c1-3-5-15-37-53(36-4-2)43-33-30-42(31-34-43)51-46-20-11-13-22-48(46)52(49-23-14-12-21-47(49)51)50-35-32-41(44-18-9-10-19-45(44)50)29-26-38-24-27-40(28-25-38)39-16-7-6-8-17-39/h3-36H,1,37H2,2H3. The van der Waals surface area contributed by atoms with Crippen molar-refractivity contribution in [1.82, 2.24) is 0 Å². The van der Waals surface area contributed by atoms with Crippen LogP contribution in [-0.4, -0.2) is 6.54 Å². The molecule has 0 spiro atoms. The van der Waals surface area contributed by atoms with Gasteiger partial charge in [-0.1, -0.05) is 195 Å². The molecule has 0 N–H and O–H groups in total. The van der Waals surface area contributed by atoms with Gasteiger partial charge in [0.05, 0.1) is 0 Å². The summed E-state index contributed by atoms with van der Waals surface area (Å²) < 4.78 is 0. The molecule has 0 aromatic heterocycles. The van der Waals surface area contributed by atoms with Crippen molar-refractivity contribution in [2.45, 2.75) is 6.92 Å². The van der Waals surface area contributed by atoms with Gasteiger partial charge in [0.25, 0.3) is 0 Å². The number of hydrogen-bond donors (Lipinski definition) is 0. The van der Waals surface area contributed by atoms with Crippen molar-refractivity contribution in [3.05, 3.63) is 212 Å². The van der Waals surface area contributed by atoms with Gasteiger partial charge in [0.1, 0.15) is 0 Å². The summed E-state index contributed by atoms with van der Waals surface area (Å²) in [6.45, 7) is 6.65. The van der Waals surface area contributed by atoms with Crippen molar-refractivity contribution in [2.24, 2.45) is 0 Å². The minimum absolute atomic E-state index is 0.778. The van der Waals surface area contributed by atoms with E-state index in [1.165, 1.54) is 76.8 Å². The fraction of sp³-hybridized carbons (Fsp3) is 0.0385. The lowest BCUT2D eigenvalue weighted by molar-refractivity contribution is 1.09. The van der Waals surface area contributed by atoms with Gasteiger partial charge in [-0.2, -0.15) is 0 Å². The Labute approximate surface area is 312 Å². The molecule has 0 atom stereocenters. The third-order valence-electron chi connectivity index (χ3n) is 10.0. The zero-order chi connectivity index (χ0) is 36.0. The lowest BCUT2D eigenvalue weighted by atomic mass is 9.84. The van der Waals surface area contributed by atoms with Crippen LogP contribution in [-0.2, 0) is 0 Å². The monoisotopic (exact) mass is 679 g/mol. The van der Waals surface area contributed by atoms with Crippen LogP contribution in [0.25, 0.3) is 77.9 Å². The van der Waals surface area contributed by atoms with Crippen LogP contribution in [0.3, 0.4) is 0 Å². The van der Waals surface area contributed by atoms with E-state index >= 15 is 0 Å². The minimum Gasteiger partial charge on any atom is -0.344 e. The normalized spacial score (nSPS) is 11.8. The Morgan fingerprint density at radius 2 is 1.04 bits per heavy atom. The van der Waals surface area contributed by atoms with Crippen LogP contribution >= 0.6 is 0 Å². The molecule has 1 heteroatoms. The Morgan fingerprint density at radius 3 is 1.66 bits per heavy atom. The molecule has 0 unspecified atom stereocenters. The molecule has 8 aromatic carbocycles. The van der Waals surface area contributed by atoms with Crippen LogP contribution in [0.15, 0.2) is 201 Å². The van der Waals surface area contributed by atoms with E-state index in [4.69, 9.17) is 0 Å². The molecule has 0 saturated carbocycles. The highest BCUT2D eigenvalue weighted by Gasteiger charge is 2.18. The Hall–Kier alpha value is -6.70. The Balaban J connectivity index is 1.22. The van der Waals surface area contributed by atoms with E-state index < -0.39 is 0 Å². The minimum atomic E-state index is 0.778. The summed E-state index contributed by atoms with van der Waals surface area (Å²) in [4.78, 5) is 2.24. The highest BCUT2D eigenvalue weighted by molar-refractivity contribution is 6.23. The molecule has 0 aliphatic rings. The first-order chi connectivity index (χ1) is 26.2. The topological polar surface area (TPSA) is 3.24 Å². The van der Waals surface area contributed by atoms with Gasteiger partial charge in [0.2, 0.25) is 0 Å². The first-order valence-electron chi connectivity index (χ1n) is 18.3. The molecule has 1 nitrogen and oxygen atoms in total. The summed E-state index contributed by atoms with van der Waals surface area (Å²) in [5.41, 5.74) is 11.0. The van der Waals surface area contributed by atoms with Crippen LogP contribution in [0.4, 0.5) is 5.69 Å². The Morgan fingerprint density at radius 1 is 0.491 bits per heavy atom. The summed E-state index contributed by atoms with van der Waals surface area (Å²) in [6, 6.07) is 59.5. The fourth-order valence-corrected chi connectivity index (χ4v) is 7.54. The number of benzene rings is 8. The summed E-state index contributed by atoms with van der Waals surface area (Å²) >= 11 is 0. The van der Waals surface area contributed by atoms with Gasteiger partial charge in [-0.3, -0.25) is 0 Å². The first kappa shape index (κ1) is 33.4. The Bertz CT molecular complexity index is 2580. The van der Waals surface area contributed by atoms with Crippen molar-refractivity contribution < 1.29 is 0 Å². The third-order valence-corrected chi connectivity index (χ3v) is 10.0. The smallest absolute Gasteiger partial charge is 0.0409 e. The lowest BCUT2D eigenvalue weighted by Crippen LogP contribution is -2.15. The second-order valence-electron chi connectivity index (χ2n) is 13.3. The van der Waals surface area contributed by atoms with Crippen molar-refractivity contribution in [3.8, 4) is 33.4 Å². The largest absolute Gasteiger partial charge is 0.344 e. The molecule has 0 heterocycles. The van der Waals surface area contributed by atoms with E-state index in [0.717, 1.165) is 12.2 Å². The van der Waals surface area contributed by atoms with Gasteiger partial charge >= 0.3 is 0 Å². The van der Waals surface area contributed by atoms with E-state index in [9.17, 15) is 0 Å². The number of anilines is 1. The molecular weight excluding hydrogens is 639 g/mol. The molecule has 0 radical (unpaired) electrons. The second kappa shape index (κ2) is 15.3. The average molecular weight is 680 g/mol. The van der Waals surface area contributed by atoms with E-state index in [0.29, 0.717) is 0 Å². The summed E-state index contributed by atoms with van der Waals surface area (Å²) in [5, 5.41) is 7.49. The first-order valence-corrected chi connectivity index (χ1v) is 18.3. The molecule has 8 rings (SSSR count). The number of rotatable bonds is 10. The maximum absolute atomic E-state index is 3.82. The molecule has 0 aliphatic carbocycles. The summed E-state index contributed by atoms with van der Waals surface area (Å²) in [6.07, 6.45) is 14.6. The second-order valence-corrected chi connectivity index (χ2v) is 13.3. The highest BCUT2D eigenvalue weighted by atomic mass is 15.1. The van der Waals surface area contributed by atoms with E-state index in [-0.39, 0.29) is 0 Å². The van der Waals surface area contributed by atoms with Crippen molar-refractivity contribution in [1.29, 1.82) is 0 Å². The predicted octanol–water partition coefficient (Wildman–Crippen LogP) is 14.4. The number of nitrogens with zero attached hydrogens (tertiary/aromatic N) is 1. The van der Waals surface area contributed by atoms with E-state index in [1.54, 1.807) is 0 Å². The van der Waals surface area contributed by atoms with Crippen molar-refractivity contribution in [2.75, 3.05) is 11.4 Å². The average Bonchev–Trinajstić information content (AvgIpc) is 3.22. The fourth-order valence-electron chi connectivity index (χ4n) is 7.54. The van der Waals surface area contributed by atoms with Crippen LogP contribution in [0.2, 0.25) is 0 Å². The Kier molecular flexibility index (Phi) is 9.64. The number of hydrogen-bond acceptors (Lipinski definition) is 1. The maximum atomic E-state index is 3.82. The van der Waals surface area contributed by atoms with Crippen LogP contribution < -0.4 is 4.90 Å². The van der Waals surface area contributed by atoms with Gasteiger partial charge in [-0.05, 0) is 95.9 Å². The van der Waals surface area contributed by atoms with Crippen LogP contribution in [0, 0.1) is 0 Å². The number of fused-ring (bicyclic) bond motifs is 3. The van der Waals surface area contributed by atoms with Gasteiger partial charge in [0.15, 0.2) is 0 Å². The lowest BCUT2D eigenvalue weighted by Gasteiger charge is -2.21. The molecule has 254 valence electrons. The van der Waals surface area contributed by atoms with Gasteiger partial charge < -0.3 is 4.90 Å². The SMILES string of the molecule is C=CC=CCN(C=CC)c1ccc(-c2c3ccccc3c(-c3ccc(C=Cc4ccc(-c5ccccc5)cc4)c4ccccc34)c3ccccc23)cc1. The van der Waals surface area contributed by atoms with E-state index in [2.05, 4.69) is 213 Å². The van der Waals surface area contributed by atoms with Crippen LogP contribution in [0.1, 0.15) is 18.1 Å². The quantitative estimate of drug-likeness (QED) is 0.0790. The van der Waals surface area contributed by atoms with Gasteiger partial charge in [-0.25, -0.2) is 0 Å². The van der Waals surface area contributed by atoms with Crippen molar-refractivity contribution in [3.63, 3.8) is 0 Å². The maximum Gasteiger partial charge on any atom is 0.0409 e. The number of allylic oxidation sites excluding steroid dienone is 3. The zero-order valence-corrected chi connectivity index (χ0v) is 30.0. The molecular formula is C52H41N. The molecule has 0 amide bonds. The van der Waals surface area contributed by atoms with Crippen LogP contribution in [0.5, 0.6) is 0 Å². The summed E-state index contributed by atoms with van der Waals surface area (Å²) in [7, 11) is 0. The zero-order valence-electron chi connectivity index (χ0n) is 30.0. The molecule has 8 aromatic rings. The molecule has 0 aliphatic heterocycles. The third kappa shape index (κ3) is 6.73. The molecule has 0 fully saturated rings. The molecule has 0 bridgehead atoms.